The molecule has 2 N–H and O–H groups in total. The normalized spacial score (nSPS) is 13.2. The monoisotopic (exact) mass is 315 g/mol. The zero-order chi connectivity index (χ0) is 16.8. The minimum Gasteiger partial charge on any atom is -0.469 e. The molecule has 0 fully saturated rings. The van der Waals surface area contributed by atoms with Gasteiger partial charge in [0.15, 0.2) is 0 Å². The van der Waals surface area contributed by atoms with E-state index in [1.807, 2.05) is 37.3 Å². The van der Waals surface area contributed by atoms with E-state index in [2.05, 4.69) is 15.3 Å². The van der Waals surface area contributed by atoms with Gasteiger partial charge in [0, 0.05) is 6.42 Å². The van der Waals surface area contributed by atoms with E-state index in [-0.39, 0.29) is 11.9 Å². The van der Waals surface area contributed by atoms with E-state index in [0.717, 1.165) is 11.4 Å². The first kappa shape index (κ1) is 16.7. The van der Waals surface area contributed by atoms with Gasteiger partial charge in [0.05, 0.1) is 25.3 Å². The first-order valence-electron chi connectivity index (χ1n) is 7.54. The van der Waals surface area contributed by atoms with Crippen LogP contribution < -0.4 is 5.32 Å². The van der Waals surface area contributed by atoms with Crippen LogP contribution in [0.2, 0.25) is 0 Å². The number of aromatic nitrogens is 2. The molecule has 0 aliphatic carbocycles. The lowest BCUT2D eigenvalue weighted by molar-refractivity contribution is -0.145. The first-order chi connectivity index (χ1) is 11.1. The molecular formula is C17H21N3O3. The number of H-pyrrole nitrogens is 1. The molecule has 23 heavy (non-hydrogen) atoms. The van der Waals surface area contributed by atoms with Crippen LogP contribution in [0.5, 0.6) is 0 Å². The summed E-state index contributed by atoms with van der Waals surface area (Å²) in [7, 11) is 1.34. The smallest absolute Gasteiger partial charge is 0.310 e. The van der Waals surface area contributed by atoms with E-state index in [1.165, 1.54) is 13.3 Å². The number of ether oxygens (including phenoxy) is 1. The van der Waals surface area contributed by atoms with E-state index >= 15 is 0 Å². The van der Waals surface area contributed by atoms with Crippen molar-refractivity contribution < 1.29 is 14.3 Å². The van der Waals surface area contributed by atoms with Crippen molar-refractivity contribution in [1.82, 2.24) is 15.3 Å². The number of benzene rings is 1. The lowest BCUT2D eigenvalue weighted by Gasteiger charge is -2.23. The summed E-state index contributed by atoms with van der Waals surface area (Å²) in [5, 5.41) is 2.89. The van der Waals surface area contributed by atoms with Crippen molar-refractivity contribution in [2.24, 2.45) is 5.92 Å². The largest absolute Gasteiger partial charge is 0.469 e. The van der Waals surface area contributed by atoms with E-state index in [0.29, 0.717) is 12.1 Å². The Labute approximate surface area is 135 Å². The van der Waals surface area contributed by atoms with Gasteiger partial charge in [0.2, 0.25) is 0 Å². The van der Waals surface area contributed by atoms with Crippen molar-refractivity contribution in [3.8, 4) is 0 Å². The Balaban J connectivity index is 2.23. The molecule has 0 bridgehead atoms. The van der Waals surface area contributed by atoms with Crippen LogP contribution in [0.15, 0.2) is 36.5 Å². The number of aromatic amines is 1. The molecule has 2 aromatic rings. The molecular weight excluding hydrogens is 294 g/mol. The summed E-state index contributed by atoms with van der Waals surface area (Å²) in [6.45, 7) is 3.68. The van der Waals surface area contributed by atoms with Gasteiger partial charge in [-0.2, -0.15) is 0 Å². The number of aryl methyl sites for hydroxylation is 1. The van der Waals surface area contributed by atoms with Gasteiger partial charge in [-0.25, -0.2) is 4.98 Å². The molecule has 0 spiro atoms. The van der Waals surface area contributed by atoms with Crippen molar-refractivity contribution in [1.29, 1.82) is 0 Å². The Kier molecular flexibility index (Phi) is 5.51. The SMILES string of the molecule is CCc1ncc(C(=O)N[C@@H](c2ccccc2)[C@@H](C)C(=O)OC)[nH]1. The zero-order valence-electron chi connectivity index (χ0n) is 13.5. The maximum atomic E-state index is 12.4. The topological polar surface area (TPSA) is 84.1 Å². The second-order valence-corrected chi connectivity index (χ2v) is 5.27. The van der Waals surface area contributed by atoms with Gasteiger partial charge in [-0.3, -0.25) is 9.59 Å². The van der Waals surface area contributed by atoms with Crippen LogP contribution in [0, 0.1) is 5.92 Å². The number of carbonyl (C=O) groups is 2. The van der Waals surface area contributed by atoms with E-state index in [4.69, 9.17) is 4.74 Å². The maximum Gasteiger partial charge on any atom is 0.310 e. The predicted octanol–water partition coefficient (Wildman–Crippen LogP) is 2.25. The van der Waals surface area contributed by atoms with E-state index < -0.39 is 12.0 Å². The van der Waals surface area contributed by atoms with Crippen LogP contribution in [0.1, 0.15) is 41.8 Å². The number of nitrogens with one attached hydrogen (secondary N) is 2. The van der Waals surface area contributed by atoms with Gasteiger partial charge < -0.3 is 15.0 Å². The van der Waals surface area contributed by atoms with Gasteiger partial charge in [0.1, 0.15) is 11.5 Å². The number of nitrogens with zero attached hydrogens (tertiary/aromatic N) is 1. The summed E-state index contributed by atoms with van der Waals surface area (Å²) < 4.78 is 4.81. The summed E-state index contributed by atoms with van der Waals surface area (Å²) in [6.07, 6.45) is 2.22. The average molecular weight is 315 g/mol. The quantitative estimate of drug-likeness (QED) is 0.801. The fourth-order valence-electron chi connectivity index (χ4n) is 2.36. The average Bonchev–Trinajstić information content (AvgIpc) is 3.08. The highest BCUT2D eigenvalue weighted by molar-refractivity contribution is 5.92. The molecule has 1 heterocycles. The summed E-state index contributed by atoms with van der Waals surface area (Å²) >= 11 is 0. The number of hydrogen-bond acceptors (Lipinski definition) is 4. The second kappa shape index (κ2) is 7.58. The standard InChI is InChI=1S/C17H21N3O3/c1-4-14-18-10-13(19-14)16(21)20-15(11(2)17(22)23-3)12-8-6-5-7-9-12/h5-11,15H,4H2,1-3H3,(H,18,19)(H,20,21)/t11-,15-/m1/s1. The molecule has 0 radical (unpaired) electrons. The van der Waals surface area contributed by atoms with Gasteiger partial charge in [-0.15, -0.1) is 0 Å². The Morgan fingerprint density at radius 3 is 2.57 bits per heavy atom. The molecule has 122 valence electrons. The molecule has 0 aliphatic rings. The van der Waals surface area contributed by atoms with Crippen LogP contribution in [0.25, 0.3) is 0 Å². The fourth-order valence-corrected chi connectivity index (χ4v) is 2.36. The Morgan fingerprint density at radius 2 is 2.00 bits per heavy atom. The molecule has 0 unspecified atom stereocenters. The first-order valence-corrected chi connectivity index (χ1v) is 7.54. The summed E-state index contributed by atoms with van der Waals surface area (Å²) in [5.74, 6) is -0.452. The summed E-state index contributed by atoms with van der Waals surface area (Å²) in [5.41, 5.74) is 1.22. The van der Waals surface area contributed by atoms with Gasteiger partial charge in [0.25, 0.3) is 5.91 Å². The number of methoxy groups -OCH3 is 1. The molecule has 1 aromatic carbocycles. The van der Waals surface area contributed by atoms with Gasteiger partial charge in [-0.05, 0) is 12.5 Å². The van der Waals surface area contributed by atoms with Crippen molar-refractivity contribution in [2.45, 2.75) is 26.3 Å². The third kappa shape index (κ3) is 3.97. The highest BCUT2D eigenvalue weighted by atomic mass is 16.5. The summed E-state index contributed by atoms with van der Waals surface area (Å²) in [6, 6.07) is 8.87. The predicted molar refractivity (Wildman–Crippen MR) is 85.8 cm³/mol. The lowest BCUT2D eigenvalue weighted by atomic mass is 9.94. The molecule has 6 heteroatoms. The Bertz CT molecular complexity index is 667. The third-order valence-electron chi connectivity index (χ3n) is 3.73. The number of hydrogen-bond donors (Lipinski definition) is 2. The molecule has 2 atom stereocenters. The third-order valence-corrected chi connectivity index (χ3v) is 3.73. The van der Waals surface area contributed by atoms with Crippen LogP contribution in [-0.4, -0.2) is 29.0 Å². The maximum absolute atomic E-state index is 12.4. The number of carbonyl (C=O) groups excluding carboxylic acids is 2. The molecule has 1 aromatic heterocycles. The van der Waals surface area contributed by atoms with Crippen molar-refractivity contribution in [2.75, 3.05) is 7.11 Å². The number of imidazole rings is 1. The minimum absolute atomic E-state index is 0.304. The molecule has 6 nitrogen and oxygen atoms in total. The molecule has 0 aliphatic heterocycles. The van der Waals surface area contributed by atoms with E-state index in [9.17, 15) is 9.59 Å². The molecule has 2 rings (SSSR count). The van der Waals surface area contributed by atoms with Crippen LogP contribution in [-0.2, 0) is 16.0 Å². The Morgan fingerprint density at radius 1 is 1.30 bits per heavy atom. The fraction of sp³-hybridized carbons (Fsp3) is 0.353. The van der Waals surface area contributed by atoms with E-state index in [1.54, 1.807) is 6.92 Å². The molecule has 0 saturated heterocycles. The molecule has 1 amide bonds. The van der Waals surface area contributed by atoms with Gasteiger partial charge >= 0.3 is 5.97 Å². The van der Waals surface area contributed by atoms with Gasteiger partial charge in [-0.1, -0.05) is 37.3 Å². The summed E-state index contributed by atoms with van der Waals surface area (Å²) in [4.78, 5) is 31.4. The number of rotatable bonds is 6. The van der Waals surface area contributed by atoms with Crippen LogP contribution in [0.3, 0.4) is 0 Å². The number of esters is 1. The van der Waals surface area contributed by atoms with Crippen molar-refractivity contribution in [3.05, 3.63) is 53.6 Å². The highest BCUT2D eigenvalue weighted by Gasteiger charge is 2.28. The zero-order valence-corrected chi connectivity index (χ0v) is 13.5. The molecule has 0 saturated carbocycles. The Hall–Kier alpha value is -2.63. The minimum atomic E-state index is -0.514. The van der Waals surface area contributed by atoms with Crippen LogP contribution >= 0.6 is 0 Å². The number of amides is 1. The van der Waals surface area contributed by atoms with Crippen molar-refractivity contribution in [3.63, 3.8) is 0 Å². The van der Waals surface area contributed by atoms with Crippen molar-refractivity contribution >= 4 is 11.9 Å². The second-order valence-electron chi connectivity index (χ2n) is 5.27. The van der Waals surface area contributed by atoms with Crippen LogP contribution in [0.4, 0.5) is 0 Å². The lowest BCUT2D eigenvalue weighted by Crippen LogP contribution is -2.36. The highest BCUT2D eigenvalue weighted by Crippen LogP contribution is 2.23.